The van der Waals surface area contributed by atoms with Crippen LogP contribution in [-0.2, 0) is 6.54 Å². The quantitative estimate of drug-likeness (QED) is 0.746. The van der Waals surface area contributed by atoms with Crippen LogP contribution in [0.4, 0.5) is 0 Å². The lowest BCUT2D eigenvalue weighted by Crippen LogP contribution is -2.37. The zero-order valence-electron chi connectivity index (χ0n) is 11.4. The Balaban J connectivity index is 1.87. The molecule has 1 heterocycles. The number of benzene rings is 1. The van der Waals surface area contributed by atoms with Gasteiger partial charge in [-0.1, -0.05) is 26.0 Å². The predicted octanol–water partition coefficient (Wildman–Crippen LogP) is 3.21. The summed E-state index contributed by atoms with van der Waals surface area (Å²) in [5, 5.41) is 0. The summed E-state index contributed by atoms with van der Waals surface area (Å²) in [5.41, 5.74) is 1.44. The average molecular weight is 358 g/mol. The van der Waals surface area contributed by atoms with E-state index < -0.39 is 0 Å². The van der Waals surface area contributed by atoms with E-state index in [-0.39, 0.29) is 0 Å². The van der Waals surface area contributed by atoms with E-state index in [0.717, 1.165) is 12.6 Å². The molecule has 1 aromatic carbocycles. The van der Waals surface area contributed by atoms with Gasteiger partial charge in [-0.2, -0.15) is 0 Å². The summed E-state index contributed by atoms with van der Waals surface area (Å²) in [7, 11) is 0. The second kappa shape index (κ2) is 6.87. The highest BCUT2D eigenvalue weighted by molar-refractivity contribution is 14.1. The van der Waals surface area contributed by atoms with E-state index in [2.05, 4.69) is 70.5 Å². The molecule has 100 valence electrons. The third-order valence-electron chi connectivity index (χ3n) is 3.90. The molecule has 18 heavy (non-hydrogen) atoms. The highest BCUT2D eigenvalue weighted by Crippen LogP contribution is 2.18. The lowest BCUT2D eigenvalue weighted by molar-refractivity contribution is 0.209. The van der Waals surface area contributed by atoms with Gasteiger partial charge in [0.25, 0.3) is 0 Å². The molecule has 0 spiro atoms. The van der Waals surface area contributed by atoms with Crippen molar-refractivity contribution in [3.8, 4) is 0 Å². The number of rotatable bonds is 5. The van der Waals surface area contributed by atoms with Gasteiger partial charge in [-0.25, -0.2) is 0 Å². The zero-order valence-corrected chi connectivity index (χ0v) is 13.6. The zero-order chi connectivity index (χ0) is 13.0. The third kappa shape index (κ3) is 3.68. The second-order valence-electron chi connectivity index (χ2n) is 5.03. The van der Waals surface area contributed by atoms with E-state index in [9.17, 15) is 0 Å². The highest BCUT2D eigenvalue weighted by atomic mass is 127. The summed E-state index contributed by atoms with van der Waals surface area (Å²) in [4.78, 5) is 5.18. The Morgan fingerprint density at radius 1 is 1.22 bits per heavy atom. The largest absolute Gasteiger partial charge is 0.300 e. The van der Waals surface area contributed by atoms with Crippen LogP contribution in [0.1, 0.15) is 25.8 Å². The van der Waals surface area contributed by atoms with E-state index in [1.165, 1.54) is 41.7 Å². The minimum atomic E-state index is 0.767. The first-order valence-electron chi connectivity index (χ1n) is 6.93. The van der Waals surface area contributed by atoms with Crippen LogP contribution in [0.3, 0.4) is 0 Å². The molecule has 0 saturated carbocycles. The van der Waals surface area contributed by atoms with Crippen LogP contribution in [0.5, 0.6) is 0 Å². The van der Waals surface area contributed by atoms with Crippen LogP contribution in [0.2, 0.25) is 0 Å². The number of halogens is 1. The molecule has 2 rings (SSSR count). The van der Waals surface area contributed by atoms with Crippen molar-refractivity contribution in [1.82, 2.24) is 9.80 Å². The van der Waals surface area contributed by atoms with Gasteiger partial charge < -0.3 is 0 Å². The van der Waals surface area contributed by atoms with Gasteiger partial charge in [-0.05, 0) is 59.8 Å². The van der Waals surface area contributed by atoms with Crippen molar-refractivity contribution in [2.75, 3.05) is 26.2 Å². The summed E-state index contributed by atoms with van der Waals surface area (Å²) in [6.45, 7) is 10.5. The van der Waals surface area contributed by atoms with Crippen molar-refractivity contribution in [1.29, 1.82) is 0 Å². The van der Waals surface area contributed by atoms with Crippen molar-refractivity contribution in [2.45, 2.75) is 32.9 Å². The summed E-state index contributed by atoms with van der Waals surface area (Å²) in [6.07, 6.45) is 1.33. The van der Waals surface area contributed by atoms with Crippen LogP contribution in [0.25, 0.3) is 0 Å². The van der Waals surface area contributed by atoms with E-state index in [4.69, 9.17) is 0 Å². The van der Waals surface area contributed by atoms with Gasteiger partial charge in [0.1, 0.15) is 0 Å². The summed E-state index contributed by atoms with van der Waals surface area (Å²) >= 11 is 2.36. The molecule has 0 bridgehead atoms. The molecule has 0 aromatic heterocycles. The van der Waals surface area contributed by atoms with Gasteiger partial charge in [0.05, 0.1) is 0 Å². The fourth-order valence-corrected chi connectivity index (χ4v) is 3.20. The van der Waals surface area contributed by atoms with Gasteiger partial charge in [-0.15, -0.1) is 0 Å². The van der Waals surface area contributed by atoms with Gasteiger partial charge in [-0.3, -0.25) is 9.80 Å². The Kier molecular flexibility index (Phi) is 5.45. The SMILES string of the molecule is CCN(CC)C1CCN(Cc2ccc(I)cc2)C1. The molecule has 0 N–H and O–H groups in total. The fraction of sp³-hybridized carbons (Fsp3) is 0.600. The van der Waals surface area contributed by atoms with E-state index in [1.54, 1.807) is 0 Å². The molecule has 1 aliphatic rings. The normalized spacial score (nSPS) is 20.8. The van der Waals surface area contributed by atoms with Crippen LogP contribution in [0, 0.1) is 3.57 Å². The molecule has 1 aromatic rings. The van der Waals surface area contributed by atoms with Crippen molar-refractivity contribution < 1.29 is 0 Å². The minimum Gasteiger partial charge on any atom is -0.300 e. The molecule has 1 saturated heterocycles. The molecular formula is C15H23IN2. The third-order valence-corrected chi connectivity index (χ3v) is 4.61. The van der Waals surface area contributed by atoms with Gasteiger partial charge in [0.2, 0.25) is 0 Å². The van der Waals surface area contributed by atoms with Crippen molar-refractivity contribution in [3.63, 3.8) is 0 Å². The van der Waals surface area contributed by atoms with Gasteiger partial charge in [0, 0.05) is 29.2 Å². The molecule has 0 radical (unpaired) electrons. The number of hydrogen-bond acceptors (Lipinski definition) is 2. The minimum absolute atomic E-state index is 0.767. The number of hydrogen-bond donors (Lipinski definition) is 0. The molecule has 1 unspecified atom stereocenters. The molecule has 1 fully saturated rings. The first-order chi connectivity index (χ1) is 8.72. The van der Waals surface area contributed by atoms with E-state index >= 15 is 0 Å². The summed E-state index contributed by atoms with van der Waals surface area (Å²) in [6, 6.07) is 9.68. The van der Waals surface area contributed by atoms with Crippen molar-refractivity contribution in [2.24, 2.45) is 0 Å². The Hall–Kier alpha value is -0.130. The van der Waals surface area contributed by atoms with Crippen LogP contribution in [0.15, 0.2) is 24.3 Å². The van der Waals surface area contributed by atoms with Gasteiger partial charge >= 0.3 is 0 Å². The maximum Gasteiger partial charge on any atom is 0.0235 e. The Labute approximate surface area is 124 Å². The molecule has 0 amide bonds. The first kappa shape index (κ1) is 14.3. The average Bonchev–Trinajstić information content (AvgIpc) is 2.82. The Bertz CT molecular complexity index is 359. The number of nitrogens with zero attached hydrogens (tertiary/aromatic N) is 2. The molecule has 3 heteroatoms. The highest BCUT2D eigenvalue weighted by Gasteiger charge is 2.25. The molecule has 1 aliphatic heterocycles. The smallest absolute Gasteiger partial charge is 0.0235 e. The van der Waals surface area contributed by atoms with Crippen LogP contribution in [-0.4, -0.2) is 42.0 Å². The summed E-state index contributed by atoms with van der Waals surface area (Å²) < 4.78 is 1.32. The van der Waals surface area contributed by atoms with Crippen LogP contribution >= 0.6 is 22.6 Å². The lowest BCUT2D eigenvalue weighted by atomic mass is 10.2. The van der Waals surface area contributed by atoms with Crippen molar-refractivity contribution in [3.05, 3.63) is 33.4 Å². The monoisotopic (exact) mass is 358 g/mol. The Morgan fingerprint density at radius 2 is 1.89 bits per heavy atom. The maximum absolute atomic E-state index is 2.59. The summed E-state index contributed by atoms with van der Waals surface area (Å²) in [5.74, 6) is 0. The second-order valence-corrected chi connectivity index (χ2v) is 6.27. The maximum atomic E-state index is 2.59. The number of likely N-dealkylation sites (tertiary alicyclic amines) is 1. The topological polar surface area (TPSA) is 6.48 Å². The van der Waals surface area contributed by atoms with E-state index in [1.807, 2.05) is 0 Å². The molecule has 0 aliphatic carbocycles. The van der Waals surface area contributed by atoms with Crippen LogP contribution < -0.4 is 0 Å². The predicted molar refractivity (Wildman–Crippen MR) is 85.8 cm³/mol. The molecule has 1 atom stereocenters. The lowest BCUT2D eigenvalue weighted by Gasteiger charge is -2.26. The molecule has 2 nitrogen and oxygen atoms in total. The fourth-order valence-electron chi connectivity index (χ4n) is 2.84. The standard InChI is InChI=1S/C15H23IN2/c1-3-18(4-2)15-9-10-17(12-15)11-13-5-7-14(16)8-6-13/h5-8,15H,3-4,9-12H2,1-2H3. The first-order valence-corrected chi connectivity index (χ1v) is 8.01. The van der Waals surface area contributed by atoms with Crippen molar-refractivity contribution >= 4 is 22.6 Å². The van der Waals surface area contributed by atoms with Gasteiger partial charge in [0.15, 0.2) is 0 Å². The number of likely N-dealkylation sites (N-methyl/N-ethyl adjacent to an activating group) is 1. The Morgan fingerprint density at radius 3 is 2.50 bits per heavy atom. The molecular weight excluding hydrogens is 335 g/mol. The van der Waals surface area contributed by atoms with E-state index in [0.29, 0.717) is 0 Å².